The van der Waals surface area contributed by atoms with Crippen molar-refractivity contribution in [3.8, 4) is 0 Å². The van der Waals surface area contributed by atoms with Gasteiger partial charge in [-0.15, -0.1) is 11.6 Å². The lowest BCUT2D eigenvalue weighted by molar-refractivity contribution is 0.488. The van der Waals surface area contributed by atoms with Crippen molar-refractivity contribution in [3.63, 3.8) is 0 Å². The molecule has 0 aliphatic rings. The Balaban J connectivity index is 2.60. The van der Waals surface area contributed by atoms with Crippen molar-refractivity contribution in [2.45, 2.75) is 12.3 Å². The molecule has 0 fully saturated rings. The SMILES string of the molecule is Cc1ccc(F)c(C(Cl)c2cc(F)c(F)cc2F)c1F. The first kappa shape index (κ1) is 14.8. The molecule has 0 saturated carbocycles. The molecule has 1 atom stereocenters. The van der Waals surface area contributed by atoms with Crippen molar-refractivity contribution in [1.29, 1.82) is 0 Å². The molecule has 0 heterocycles. The molecule has 0 saturated heterocycles. The van der Waals surface area contributed by atoms with Crippen LogP contribution in [-0.2, 0) is 0 Å². The van der Waals surface area contributed by atoms with E-state index in [9.17, 15) is 22.0 Å². The number of aryl methyl sites for hydroxylation is 1. The molecule has 2 aromatic carbocycles. The number of rotatable bonds is 2. The second-order valence-electron chi connectivity index (χ2n) is 4.24. The largest absolute Gasteiger partial charge is 0.207 e. The Morgan fingerprint density at radius 2 is 1.45 bits per heavy atom. The lowest BCUT2D eigenvalue weighted by Gasteiger charge is -2.15. The van der Waals surface area contributed by atoms with Gasteiger partial charge in [-0.05, 0) is 24.6 Å². The summed E-state index contributed by atoms with van der Waals surface area (Å²) < 4.78 is 67.1. The smallest absolute Gasteiger partial charge is 0.161 e. The van der Waals surface area contributed by atoms with Gasteiger partial charge in [-0.1, -0.05) is 6.07 Å². The van der Waals surface area contributed by atoms with Gasteiger partial charge in [0.2, 0.25) is 0 Å². The van der Waals surface area contributed by atoms with Crippen LogP contribution >= 0.6 is 11.6 Å². The summed E-state index contributed by atoms with van der Waals surface area (Å²) in [5.41, 5.74) is -1.03. The molecule has 6 heteroatoms. The molecule has 0 spiro atoms. The van der Waals surface area contributed by atoms with Crippen LogP contribution in [0, 0.1) is 36.0 Å². The second-order valence-corrected chi connectivity index (χ2v) is 4.68. The van der Waals surface area contributed by atoms with Crippen molar-refractivity contribution >= 4 is 11.6 Å². The Bertz CT molecular complexity index is 669. The summed E-state index contributed by atoms with van der Waals surface area (Å²) >= 11 is 5.83. The highest BCUT2D eigenvalue weighted by Gasteiger charge is 2.25. The molecular weight excluding hydrogens is 299 g/mol. The maximum Gasteiger partial charge on any atom is 0.161 e. The van der Waals surface area contributed by atoms with E-state index in [0.29, 0.717) is 6.07 Å². The molecule has 0 aliphatic carbocycles. The minimum absolute atomic E-state index is 0.107. The van der Waals surface area contributed by atoms with Gasteiger partial charge in [0.1, 0.15) is 17.5 Å². The molecule has 0 aliphatic heterocycles. The third kappa shape index (κ3) is 2.50. The molecule has 0 N–H and O–H groups in total. The highest BCUT2D eigenvalue weighted by molar-refractivity contribution is 6.22. The van der Waals surface area contributed by atoms with Crippen LogP contribution in [0.1, 0.15) is 22.1 Å². The van der Waals surface area contributed by atoms with Gasteiger partial charge in [0, 0.05) is 17.2 Å². The normalized spacial score (nSPS) is 12.6. The molecule has 0 radical (unpaired) electrons. The predicted octanol–water partition coefficient (Wildman–Crippen LogP) is 5.02. The van der Waals surface area contributed by atoms with Crippen LogP contribution in [0.5, 0.6) is 0 Å². The van der Waals surface area contributed by atoms with E-state index < -0.39 is 45.6 Å². The zero-order chi connectivity index (χ0) is 15.0. The number of halogens is 6. The molecule has 20 heavy (non-hydrogen) atoms. The van der Waals surface area contributed by atoms with Crippen molar-refractivity contribution in [1.82, 2.24) is 0 Å². The van der Waals surface area contributed by atoms with Crippen molar-refractivity contribution in [2.75, 3.05) is 0 Å². The van der Waals surface area contributed by atoms with Gasteiger partial charge in [-0.3, -0.25) is 0 Å². The van der Waals surface area contributed by atoms with Gasteiger partial charge >= 0.3 is 0 Å². The molecule has 0 bridgehead atoms. The highest BCUT2D eigenvalue weighted by Crippen LogP contribution is 2.35. The quantitative estimate of drug-likeness (QED) is 0.415. The van der Waals surface area contributed by atoms with Crippen LogP contribution in [-0.4, -0.2) is 0 Å². The van der Waals surface area contributed by atoms with E-state index in [4.69, 9.17) is 11.6 Å². The van der Waals surface area contributed by atoms with Gasteiger partial charge in [0.25, 0.3) is 0 Å². The summed E-state index contributed by atoms with van der Waals surface area (Å²) in [7, 11) is 0. The minimum Gasteiger partial charge on any atom is -0.207 e. The van der Waals surface area contributed by atoms with Crippen LogP contribution < -0.4 is 0 Å². The number of alkyl halides is 1. The van der Waals surface area contributed by atoms with Crippen LogP contribution in [0.15, 0.2) is 24.3 Å². The summed E-state index contributed by atoms with van der Waals surface area (Å²) in [6.07, 6.45) is 0. The first-order valence-electron chi connectivity index (χ1n) is 5.56. The van der Waals surface area contributed by atoms with Crippen molar-refractivity contribution in [3.05, 3.63) is 70.0 Å². The lowest BCUT2D eigenvalue weighted by atomic mass is 10.0. The average Bonchev–Trinajstić information content (AvgIpc) is 2.38. The molecule has 106 valence electrons. The molecule has 0 aromatic heterocycles. The number of hydrogen-bond acceptors (Lipinski definition) is 0. The second kappa shape index (κ2) is 5.40. The van der Waals surface area contributed by atoms with E-state index in [1.54, 1.807) is 0 Å². The zero-order valence-electron chi connectivity index (χ0n) is 10.2. The average molecular weight is 307 g/mol. The van der Waals surface area contributed by atoms with Gasteiger partial charge in [0.15, 0.2) is 11.6 Å². The molecule has 2 rings (SSSR count). The summed E-state index contributed by atoms with van der Waals surface area (Å²) in [5.74, 6) is -5.86. The molecule has 0 nitrogen and oxygen atoms in total. The summed E-state index contributed by atoms with van der Waals surface area (Å²) in [6, 6.07) is 2.94. The highest BCUT2D eigenvalue weighted by atomic mass is 35.5. The lowest BCUT2D eigenvalue weighted by Crippen LogP contribution is -2.06. The summed E-state index contributed by atoms with van der Waals surface area (Å²) in [4.78, 5) is 0. The summed E-state index contributed by atoms with van der Waals surface area (Å²) in [6.45, 7) is 1.38. The summed E-state index contributed by atoms with van der Waals surface area (Å²) in [5, 5.41) is -1.61. The fourth-order valence-corrected chi connectivity index (χ4v) is 2.17. The fourth-order valence-electron chi connectivity index (χ4n) is 1.80. The zero-order valence-corrected chi connectivity index (χ0v) is 10.9. The standard InChI is InChI=1S/C14H8ClF5/c1-6-2-3-8(16)12(14(6)20)13(15)7-4-10(18)11(19)5-9(7)17/h2-5,13H,1H3. The van der Waals surface area contributed by atoms with Crippen LogP contribution in [0.4, 0.5) is 22.0 Å². The van der Waals surface area contributed by atoms with Crippen LogP contribution in [0.3, 0.4) is 0 Å². The topological polar surface area (TPSA) is 0 Å². The molecule has 2 aromatic rings. The first-order valence-corrected chi connectivity index (χ1v) is 5.99. The molecule has 0 amide bonds. The monoisotopic (exact) mass is 306 g/mol. The Morgan fingerprint density at radius 3 is 2.10 bits per heavy atom. The van der Waals surface area contributed by atoms with E-state index in [0.717, 1.165) is 6.07 Å². The van der Waals surface area contributed by atoms with Gasteiger partial charge in [0.05, 0.1) is 5.38 Å². The van der Waals surface area contributed by atoms with E-state index >= 15 is 0 Å². The predicted molar refractivity (Wildman–Crippen MR) is 65.1 cm³/mol. The molecular formula is C14H8ClF5. The Morgan fingerprint density at radius 1 is 0.850 bits per heavy atom. The van der Waals surface area contributed by atoms with Gasteiger partial charge in [-0.25, -0.2) is 22.0 Å². The fraction of sp³-hybridized carbons (Fsp3) is 0.143. The third-order valence-corrected chi connectivity index (χ3v) is 3.34. The van der Waals surface area contributed by atoms with Gasteiger partial charge in [-0.2, -0.15) is 0 Å². The van der Waals surface area contributed by atoms with E-state index in [1.165, 1.54) is 13.0 Å². The Hall–Kier alpha value is -1.62. The minimum atomic E-state index is -1.61. The Kier molecular flexibility index (Phi) is 3.99. The van der Waals surface area contributed by atoms with Crippen LogP contribution in [0.2, 0.25) is 0 Å². The van der Waals surface area contributed by atoms with Crippen molar-refractivity contribution in [2.24, 2.45) is 0 Å². The third-order valence-electron chi connectivity index (χ3n) is 2.89. The Labute approximate surface area is 116 Å². The number of benzene rings is 2. The van der Waals surface area contributed by atoms with Crippen molar-refractivity contribution < 1.29 is 22.0 Å². The van der Waals surface area contributed by atoms with Gasteiger partial charge < -0.3 is 0 Å². The maximum absolute atomic E-state index is 13.9. The number of hydrogen-bond donors (Lipinski definition) is 0. The van der Waals surface area contributed by atoms with E-state index in [-0.39, 0.29) is 11.6 Å². The van der Waals surface area contributed by atoms with E-state index in [2.05, 4.69) is 0 Å². The van der Waals surface area contributed by atoms with E-state index in [1.807, 2.05) is 0 Å². The first-order chi connectivity index (χ1) is 9.32. The maximum atomic E-state index is 13.9. The molecule has 1 unspecified atom stereocenters. The van der Waals surface area contributed by atoms with Crippen LogP contribution in [0.25, 0.3) is 0 Å².